The molecule has 0 aromatic rings. The van der Waals surface area contributed by atoms with E-state index in [0.717, 1.165) is 32.3 Å². The lowest BCUT2D eigenvalue weighted by molar-refractivity contribution is -0.161. The van der Waals surface area contributed by atoms with Gasteiger partial charge in [-0.25, -0.2) is 0 Å². The van der Waals surface area contributed by atoms with Crippen LogP contribution in [0, 0.1) is 5.92 Å². The molecule has 1 saturated heterocycles. The molecule has 0 bridgehead atoms. The van der Waals surface area contributed by atoms with Gasteiger partial charge in [0.15, 0.2) is 5.78 Å². The fourth-order valence-corrected chi connectivity index (χ4v) is 2.85. The largest absolute Gasteiger partial charge is 0.375 e. The zero-order valence-corrected chi connectivity index (χ0v) is 10.3. The average molecular weight is 226 g/mol. The number of hydrogen-bond donors (Lipinski definition) is 0. The minimum absolute atomic E-state index is 0.0600. The van der Waals surface area contributed by atoms with Gasteiger partial charge in [0, 0.05) is 19.1 Å². The van der Waals surface area contributed by atoms with Crippen LogP contribution < -0.4 is 0 Å². The van der Waals surface area contributed by atoms with Gasteiger partial charge in [-0.3, -0.25) is 4.79 Å². The third-order valence-electron chi connectivity index (χ3n) is 3.98. The molecule has 0 amide bonds. The summed E-state index contributed by atoms with van der Waals surface area (Å²) in [6.07, 6.45) is 5.08. The van der Waals surface area contributed by atoms with Gasteiger partial charge in [0.2, 0.25) is 0 Å². The van der Waals surface area contributed by atoms with Crippen LogP contribution in [-0.2, 0) is 14.3 Å². The Morgan fingerprint density at radius 2 is 2.31 bits per heavy atom. The van der Waals surface area contributed by atoms with E-state index in [0.29, 0.717) is 6.61 Å². The molecule has 0 radical (unpaired) electrons. The van der Waals surface area contributed by atoms with Crippen molar-refractivity contribution in [2.75, 3.05) is 13.2 Å². The third-order valence-corrected chi connectivity index (χ3v) is 3.98. The van der Waals surface area contributed by atoms with Gasteiger partial charge in [0.1, 0.15) is 6.10 Å². The lowest BCUT2D eigenvalue weighted by Gasteiger charge is -2.47. The summed E-state index contributed by atoms with van der Waals surface area (Å²) >= 11 is 0. The highest BCUT2D eigenvalue weighted by Crippen LogP contribution is 2.44. The van der Waals surface area contributed by atoms with Crippen molar-refractivity contribution >= 4 is 5.78 Å². The SMILES string of the molecule is CCOC(C)C(=O)C1CCOC2(CCC2)C1. The van der Waals surface area contributed by atoms with Gasteiger partial charge in [-0.15, -0.1) is 0 Å². The molecular weight excluding hydrogens is 204 g/mol. The molecule has 0 aromatic carbocycles. The van der Waals surface area contributed by atoms with Crippen molar-refractivity contribution in [1.29, 1.82) is 0 Å². The highest BCUT2D eigenvalue weighted by atomic mass is 16.5. The van der Waals surface area contributed by atoms with Crippen molar-refractivity contribution in [1.82, 2.24) is 0 Å². The van der Waals surface area contributed by atoms with E-state index < -0.39 is 0 Å². The summed E-state index contributed by atoms with van der Waals surface area (Å²) in [5.74, 6) is 0.437. The van der Waals surface area contributed by atoms with Gasteiger partial charge >= 0.3 is 0 Å². The van der Waals surface area contributed by atoms with E-state index in [9.17, 15) is 4.79 Å². The van der Waals surface area contributed by atoms with Crippen LogP contribution in [-0.4, -0.2) is 30.7 Å². The molecule has 1 aliphatic carbocycles. The number of Topliss-reactive ketones (excluding diaryl/α,β-unsaturated/α-hetero) is 1. The van der Waals surface area contributed by atoms with Crippen LogP contribution in [0.2, 0.25) is 0 Å². The lowest BCUT2D eigenvalue weighted by atomic mass is 9.71. The number of rotatable bonds is 4. The second-order valence-corrected chi connectivity index (χ2v) is 5.07. The van der Waals surface area contributed by atoms with Crippen LogP contribution in [0.3, 0.4) is 0 Å². The van der Waals surface area contributed by atoms with Gasteiger partial charge in [-0.2, -0.15) is 0 Å². The summed E-state index contributed by atoms with van der Waals surface area (Å²) in [5, 5.41) is 0. The standard InChI is InChI=1S/C13H22O3/c1-3-15-10(2)12(14)11-5-8-16-13(9-11)6-4-7-13/h10-11H,3-9H2,1-2H3. The molecule has 3 heteroatoms. The summed E-state index contributed by atoms with van der Waals surface area (Å²) in [5.41, 5.74) is 0.0600. The topological polar surface area (TPSA) is 35.5 Å². The molecule has 2 aliphatic rings. The molecule has 3 nitrogen and oxygen atoms in total. The predicted molar refractivity (Wildman–Crippen MR) is 61.4 cm³/mol. The normalized spacial score (nSPS) is 29.8. The maximum Gasteiger partial charge on any atom is 0.164 e. The van der Waals surface area contributed by atoms with Crippen LogP contribution in [0.25, 0.3) is 0 Å². The molecular formula is C13H22O3. The van der Waals surface area contributed by atoms with Crippen molar-refractivity contribution in [2.24, 2.45) is 5.92 Å². The molecule has 1 aliphatic heterocycles. The molecule has 0 N–H and O–H groups in total. The fraction of sp³-hybridized carbons (Fsp3) is 0.923. The van der Waals surface area contributed by atoms with Gasteiger partial charge in [0.25, 0.3) is 0 Å². The smallest absolute Gasteiger partial charge is 0.164 e. The summed E-state index contributed by atoms with van der Waals surface area (Å²) in [4.78, 5) is 12.1. The summed E-state index contributed by atoms with van der Waals surface area (Å²) < 4.78 is 11.2. The summed E-state index contributed by atoms with van der Waals surface area (Å²) in [7, 11) is 0. The van der Waals surface area contributed by atoms with E-state index in [1.807, 2.05) is 13.8 Å². The first-order valence-corrected chi connectivity index (χ1v) is 6.46. The maximum atomic E-state index is 12.1. The van der Waals surface area contributed by atoms with Crippen LogP contribution in [0.15, 0.2) is 0 Å². The van der Waals surface area contributed by atoms with Crippen molar-refractivity contribution in [3.05, 3.63) is 0 Å². The van der Waals surface area contributed by atoms with Crippen molar-refractivity contribution in [2.45, 2.75) is 57.7 Å². The van der Waals surface area contributed by atoms with Crippen LogP contribution >= 0.6 is 0 Å². The summed E-state index contributed by atoms with van der Waals surface area (Å²) in [6, 6.07) is 0. The quantitative estimate of drug-likeness (QED) is 0.738. The van der Waals surface area contributed by atoms with Crippen molar-refractivity contribution < 1.29 is 14.3 Å². The Balaban J connectivity index is 1.91. The molecule has 92 valence electrons. The van der Waals surface area contributed by atoms with Crippen LogP contribution in [0.5, 0.6) is 0 Å². The van der Waals surface area contributed by atoms with Gasteiger partial charge in [0.05, 0.1) is 5.60 Å². The second-order valence-electron chi connectivity index (χ2n) is 5.07. The van der Waals surface area contributed by atoms with Gasteiger partial charge < -0.3 is 9.47 Å². The Bertz CT molecular complexity index is 258. The lowest BCUT2D eigenvalue weighted by Crippen LogP contribution is -2.48. The second kappa shape index (κ2) is 4.84. The number of ketones is 1. The molecule has 0 aromatic heterocycles. The molecule has 1 spiro atoms. The first kappa shape index (κ1) is 12.1. The number of hydrogen-bond acceptors (Lipinski definition) is 3. The van der Waals surface area contributed by atoms with E-state index >= 15 is 0 Å². The van der Waals surface area contributed by atoms with Gasteiger partial charge in [-0.1, -0.05) is 0 Å². The Kier molecular flexibility index (Phi) is 3.65. The monoisotopic (exact) mass is 226 g/mol. The molecule has 2 atom stereocenters. The highest BCUT2D eigenvalue weighted by Gasteiger charge is 2.44. The zero-order chi connectivity index (χ0) is 11.6. The predicted octanol–water partition coefficient (Wildman–Crippen LogP) is 2.33. The Morgan fingerprint density at radius 3 is 2.88 bits per heavy atom. The van der Waals surface area contributed by atoms with Gasteiger partial charge in [-0.05, 0) is 46.0 Å². The molecule has 2 rings (SSSR count). The van der Waals surface area contributed by atoms with E-state index in [4.69, 9.17) is 9.47 Å². The fourth-order valence-electron chi connectivity index (χ4n) is 2.85. The first-order valence-electron chi connectivity index (χ1n) is 6.46. The molecule has 16 heavy (non-hydrogen) atoms. The van der Waals surface area contributed by atoms with E-state index in [1.54, 1.807) is 0 Å². The Hall–Kier alpha value is -0.410. The Morgan fingerprint density at radius 1 is 1.56 bits per heavy atom. The number of carbonyl (C=O) groups excluding carboxylic acids is 1. The van der Waals surface area contributed by atoms with Crippen LogP contribution in [0.4, 0.5) is 0 Å². The van der Waals surface area contributed by atoms with Crippen molar-refractivity contribution in [3.63, 3.8) is 0 Å². The third kappa shape index (κ3) is 2.30. The summed E-state index contributed by atoms with van der Waals surface area (Å²) in [6.45, 7) is 5.16. The highest BCUT2D eigenvalue weighted by molar-refractivity contribution is 5.85. The van der Waals surface area contributed by atoms with Crippen LogP contribution in [0.1, 0.15) is 46.0 Å². The zero-order valence-electron chi connectivity index (χ0n) is 10.3. The van der Waals surface area contributed by atoms with E-state index in [-0.39, 0.29) is 23.4 Å². The van der Waals surface area contributed by atoms with E-state index in [1.165, 1.54) is 6.42 Å². The molecule has 2 fully saturated rings. The number of ether oxygens (including phenoxy) is 2. The Labute approximate surface area is 97.5 Å². The maximum absolute atomic E-state index is 12.1. The first-order chi connectivity index (χ1) is 7.67. The molecule has 1 heterocycles. The minimum Gasteiger partial charge on any atom is -0.375 e. The molecule has 2 unspecified atom stereocenters. The van der Waals surface area contributed by atoms with Crippen molar-refractivity contribution in [3.8, 4) is 0 Å². The van der Waals surface area contributed by atoms with E-state index in [2.05, 4.69) is 0 Å². The molecule has 1 saturated carbocycles. The minimum atomic E-state index is -0.245. The average Bonchev–Trinajstić information content (AvgIpc) is 2.26. The number of carbonyl (C=O) groups is 1.